The van der Waals surface area contributed by atoms with Gasteiger partial charge in [-0.2, -0.15) is 0 Å². The van der Waals surface area contributed by atoms with Gasteiger partial charge in [0.25, 0.3) is 0 Å². The van der Waals surface area contributed by atoms with Crippen LogP contribution in [0.1, 0.15) is 18.1 Å². The molecular weight excluding hydrogens is 214 g/mol. The van der Waals surface area contributed by atoms with Crippen molar-refractivity contribution in [3.8, 4) is 5.75 Å². The topological polar surface area (TPSA) is 32.7 Å². The van der Waals surface area contributed by atoms with E-state index in [9.17, 15) is 0 Å². The van der Waals surface area contributed by atoms with Gasteiger partial charge in [0.05, 0.1) is 6.61 Å². The van der Waals surface area contributed by atoms with Gasteiger partial charge in [-0.15, -0.1) is 0 Å². The normalized spacial score (nSPS) is 10.9. The molecule has 0 atom stereocenters. The zero-order valence-corrected chi connectivity index (χ0v) is 11.1. The molecule has 1 rings (SSSR count). The fraction of sp³-hybridized carbons (Fsp3) is 0.571. The number of hydrogen-bond acceptors (Lipinski definition) is 3. The van der Waals surface area contributed by atoms with Gasteiger partial charge in [0, 0.05) is 13.1 Å². The first-order valence-corrected chi connectivity index (χ1v) is 6.20. The summed E-state index contributed by atoms with van der Waals surface area (Å²) in [5, 5.41) is 8.87. The lowest BCUT2D eigenvalue weighted by Crippen LogP contribution is -2.30. The van der Waals surface area contributed by atoms with E-state index in [-0.39, 0.29) is 6.61 Å². The predicted molar refractivity (Wildman–Crippen MR) is 70.6 cm³/mol. The largest absolute Gasteiger partial charge is 0.492 e. The number of aryl methyl sites for hydroxylation is 2. The molecule has 0 saturated heterocycles. The van der Waals surface area contributed by atoms with Gasteiger partial charge in [0.1, 0.15) is 12.4 Å². The van der Waals surface area contributed by atoms with Crippen molar-refractivity contribution in [2.45, 2.75) is 20.8 Å². The van der Waals surface area contributed by atoms with Gasteiger partial charge in [0.15, 0.2) is 0 Å². The lowest BCUT2D eigenvalue weighted by molar-refractivity contribution is 0.174. The number of rotatable bonds is 7. The Labute approximate surface area is 104 Å². The second kappa shape index (κ2) is 7.30. The van der Waals surface area contributed by atoms with Gasteiger partial charge in [-0.05, 0) is 43.7 Å². The van der Waals surface area contributed by atoms with Crippen molar-refractivity contribution < 1.29 is 9.84 Å². The van der Waals surface area contributed by atoms with E-state index in [1.54, 1.807) is 0 Å². The fourth-order valence-corrected chi connectivity index (χ4v) is 1.67. The van der Waals surface area contributed by atoms with Gasteiger partial charge >= 0.3 is 0 Å². The Balaban J connectivity index is 2.37. The number of aliphatic hydroxyl groups is 1. The molecule has 3 nitrogen and oxygen atoms in total. The van der Waals surface area contributed by atoms with Gasteiger partial charge in [-0.3, -0.25) is 4.90 Å². The van der Waals surface area contributed by atoms with Crippen molar-refractivity contribution in [1.29, 1.82) is 0 Å². The average Bonchev–Trinajstić information content (AvgIpc) is 2.32. The van der Waals surface area contributed by atoms with Gasteiger partial charge in [0.2, 0.25) is 0 Å². The lowest BCUT2D eigenvalue weighted by Gasteiger charge is -2.19. The van der Waals surface area contributed by atoms with Gasteiger partial charge in [-0.25, -0.2) is 0 Å². The van der Waals surface area contributed by atoms with Crippen molar-refractivity contribution in [3.05, 3.63) is 29.3 Å². The summed E-state index contributed by atoms with van der Waals surface area (Å²) in [6.07, 6.45) is 0. The van der Waals surface area contributed by atoms with Crippen LogP contribution in [0.15, 0.2) is 18.2 Å². The number of nitrogens with zero attached hydrogens (tertiary/aromatic N) is 1. The third-order valence-corrected chi connectivity index (χ3v) is 3.02. The molecule has 17 heavy (non-hydrogen) atoms. The Bertz CT molecular complexity index is 339. The van der Waals surface area contributed by atoms with Crippen molar-refractivity contribution in [2.24, 2.45) is 0 Å². The summed E-state index contributed by atoms with van der Waals surface area (Å²) in [6.45, 7) is 9.65. The van der Waals surface area contributed by atoms with Crippen molar-refractivity contribution >= 4 is 0 Å². The highest BCUT2D eigenvalue weighted by Gasteiger charge is 2.02. The van der Waals surface area contributed by atoms with E-state index < -0.39 is 0 Å². The quantitative estimate of drug-likeness (QED) is 0.787. The van der Waals surface area contributed by atoms with E-state index in [0.29, 0.717) is 13.2 Å². The van der Waals surface area contributed by atoms with E-state index in [0.717, 1.165) is 18.8 Å². The Hall–Kier alpha value is -1.06. The van der Waals surface area contributed by atoms with Crippen LogP contribution < -0.4 is 4.74 Å². The van der Waals surface area contributed by atoms with E-state index in [1.165, 1.54) is 11.1 Å². The number of likely N-dealkylation sites (N-methyl/N-ethyl adjacent to an activating group) is 1. The molecule has 1 N–H and O–H groups in total. The second-order valence-corrected chi connectivity index (χ2v) is 4.25. The first-order valence-electron chi connectivity index (χ1n) is 6.20. The predicted octanol–water partition coefficient (Wildman–Crippen LogP) is 2.00. The molecule has 3 heteroatoms. The summed E-state index contributed by atoms with van der Waals surface area (Å²) < 4.78 is 5.70. The van der Waals surface area contributed by atoms with Crippen LogP contribution in [-0.4, -0.2) is 42.9 Å². The molecule has 0 bridgehead atoms. The molecule has 0 unspecified atom stereocenters. The Kier molecular flexibility index (Phi) is 6.01. The van der Waals surface area contributed by atoms with Crippen LogP contribution in [0.4, 0.5) is 0 Å². The molecule has 0 radical (unpaired) electrons. The van der Waals surface area contributed by atoms with Crippen LogP contribution in [-0.2, 0) is 0 Å². The Morgan fingerprint density at radius 1 is 1.18 bits per heavy atom. The molecule has 0 saturated carbocycles. The molecule has 96 valence electrons. The maximum Gasteiger partial charge on any atom is 0.119 e. The minimum absolute atomic E-state index is 0.206. The molecule has 0 aliphatic carbocycles. The lowest BCUT2D eigenvalue weighted by atomic mass is 10.1. The van der Waals surface area contributed by atoms with E-state index in [1.807, 2.05) is 6.07 Å². The third kappa shape index (κ3) is 4.75. The molecule has 0 aromatic heterocycles. The van der Waals surface area contributed by atoms with Crippen LogP contribution >= 0.6 is 0 Å². The smallest absolute Gasteiger partial charge is 0.119 e. The third-order valence-electron chi connectivity index (χ3n) is 3.02. The maximum atomic E-state index is 8.87. The number of aliphatic hydroxyl groups excluding tert-OH is 1. The van der Waals surface area contributed by atoms with Crippen molar-refractivity contribution in [2.75, 3.05) is 32.8 Å². The number of benzene rings is 1. The summed E-state index contributed by atoms with van der Waals surface area (Å²) in [5.41, 5.74) is 2.54. The summed E-state index contributed by atoms with van der Waals surface area (Å²) in [7, 11) is 0. The molecule has 0 spiro atoms. The summed E-state index contributed by atoms with van der Waals surface area (Å²) in [6, 6.07) is 6.15. The molecule has 0 amide bonds. The highest BCUT2D eigenvalue weighted by molar-refractivity contribution is 5.33. The van der Waals surface area contributed by atoms with Crippen molar-refractivity contribution in [3.63, 3.8) is 0 Å². The van der Waals surface area contributed by atoms with E-state index in [4.69, 9.17) is 9.84 Å². The van der Waals surface area contributed by atoms with Crippen molar-refractivity contribution in [1.82, 2.24) is 4.90 Å². The molecule has 0 heterocycles. The summed E-state index contributed by atoms with van der Waals surface area (Å²) in [4.78, 5) is 2.17. The van der Waals surface area contributed by atoms with Crippen LogP contribution in [0.25, 0.3) is 0 Å². The molecule has 1 aromatic rings. The summed E-state index contributed by atoms with van der Waals surface area (Å²) in [5.74, 6) is 0.924. The zero-order chi connectivity index (χ0) is 12.7. The fourth-order valence-electron chi connectivity index (χ4n) is 1.67. The first kappa shape index (κ1) is 14.0. The standard InChI is InChI=1S/C14H23NO2/c1-4-15(7-9-16)8-10-17-14-6-5-12(2)13(3)11-14/h5-6,11,16H,4,7-10H2,1-3H3. The Morgan fingerprint density at radius 2 is 1.94 bits per heavy atom. The average molecular weight is 237 g/mol. The summed E-state index contributed by atoms with van der Waals surface area (Å²) >= 11 is 0. The van der Waals surface area contributed by atoms with Gasteiger partial charge < -0.3 is 9.84 Å². The van der Waals surface area contributed by atoms with Crippen LogP contribution in [0.2, 0.25) is 0 Å². The van der Waals surface area contributed by atoms with Crippen LogP contribution in [0.3, 0.4) is 0 Å². The second-order valence-electron chi connectivity index (χ2n) is 4.25. The molecular formula is C14H23NO2. The van der Waals surface area contributed by atoms with E-state index >= 15 is 0 Å². The van der Waals surface area contributed by atoms with E-state index in [2.05, 4.69) is 37.8 Å². The highest BCUT2D eigenvalue weighted by Crippen LogP contribution is 2.16. The monoisotopic (exact) mass is 237 g/mol. The number of hydrogen-bond donors (Lipinski definition) is 1. The SMILES string of the molecule is CCN(CCO)CCOc1ccc(C)c(C)c1. The minimum Gasteiger partial charge on any atom is -0.492 e. The zero-order valence-electron chi connectivity index (χ0n) is 11.1. The number of ether oxygens (including phenoxy) is 1. The van der Waals surface area contributed by atoms with Gasteiger partial charge in [-0.1, -0.05) is 13.0 Å². The molecule has 0 fully saturated rings. The molecule has 0 aliphatic rings. The van der Waals surface area contributed by atoms with Crippen LogP contribution in [0, 0.1) is 13.8 Å². The minimum atomic E-state index is 0.206. The molecule has 0 aliphatic heterocycles. The van der Waals surface area contributed by atoms with Crippen LogP contribution in [0.5, 0.6) is 5.75 Å². The first-order chi connectivity index (χ1) is 8.17. The molecule has 1 aromatic carbocycles. The maximum absolute atomic E-state index is 8.87. The highest BCUT2D eigenvalue weighted by atomic mass is 16.5. The Morgan fingerprint density at radius 3 is 2.53 bits per heavy atom.